The molecule has 0 saturated carbocycles. The van der Waals surface area contributed by atoms with E-state index < -0.39 is 0 Å². The Morgan fingerprint density at radius 2 is 2.24 bits per heavy atom. The summed E-state index contributed by atoms with van der Waals surface area (Å²) < 4.78 is 13.3. The van der Waals surface area contributed by atoms with E-state index >= 15 is 0 Å². The smallest absolute Gasteiger partial charge is 0.224 e. The molecule has 1 aliphatic rings. The van der Waals surface area contributed by atoms with Crippen molar-refractivity contribution in [3.63, 3.8) is 0 Å². The molecular formula is C15H17N3O3. The Morgan fingerprint density at radius 1 is 1.43 bits per heavy atom. The van der Waals surface area contributed by atoms with Crippen molar-refractivity contribution >= 4 is 11.6 Å². The predicted molar refractivity (Wildman–Crippen MR) is 77.5 cm³/mol. The summed E-state index contributed by atoms with van der Waals surface area (Å²) in [6, 6.07) is 7.60. The summed E-state index contributed by atoms with van der Waals surface area (Å²) in [7, 11) is 0. The Kier molecular flexibility index (Phi) is 3.77. The number of benzene rings is 1. The van der Waals surface area contributed by atoms with Gasteiger partial charge in [-0.05, 0) is 12.1 Å². The Hall–Kier alpha value is -2.50. The molecule has 0 aliphatic carbocycles. The highest BCUT2D eigenvalue weighted by Crippen LogP contribution is 2.31. The van der Waals surface area contributed by atoms with Gasteiger partial charge >= 0.3 is 0 Å². The number of hydrogen-bond acceptors (Lipinski definition) is 4. The Bertz CT molecular complexity index is 639. The molecule has 1 atom stereocenters. The number of rotatable bonds is 4. The lowest BCUT2D eigenvalue weighted by atomic mass is 10.2. The number of fused-ring (bicyclic) bond motifs is 1. The summed E-state index contributed by atoms with van der Waals surface area (Å²) in [6.45, 7) is 2.86. The zero-order valence-corrected chi connectivity index (χ0v) is 11.8. The van der Waals surface area contributed by atoms with Crippen molar-refractivity contribution in [2.24, 2.45) is 0 Å². The first-order valence-corrected chi connectivity index (χ1v) is 6.95. The van der Waals surface area contributed by atoms with E-state index in [1.165, 1.54) is 0 Å². The predicted octanol–water partition coefficient (Wildman–Crippen LogP) is 2.07. The maximum absolute atomic E-state index is 11.3. The zero-order chi connectivity index (χ0) is 14.7. The van der Waals surface area contributed by atoms with Gasteiger partial charge in [-0.2, -0.15) is 5.10 Å². The number of ether oxygens (including phenoxy) is 2. The summed E-state index contributed by atoms with van der Waals surface area (Å²) in [6.07, 6.45) is 3.76. The van der Waals surface area contributed by atoms with Gasteiger partial charge in [0.25, 0.3) is 0 Å². The number of aromatic nitrogens is 2. The van der Waals surface area contributed by atoms with Gasteiger partial charge in [-0.15, -0.1) is 0 Å². The number of nitrogens with zero attached hydrogens (tertiary/aromatic N) is 2. The molecule has 1 aromatic heterocycles. The van der Waals surface area contributed by atoms with Crippen molar-refractivity contribution in [3.05, 3.63) is 36.7 Å². The highest BCUT2D eigenvalue weighted by Gasteiger charge is 2.21. The number of anilines is 1. The van der Waals surface area contributed by atoms with Gasteiger partial charge in [0.15, 0.2) is 17.6 Å². The fraction of sp³-hybridized carbons (Fsp3) is 0.333. The SMILES string of the molecule is CCC(=O)Nc1cnn(C[C@H]2COc3ccccc3O2)c1. The van der Waals surface area contributed by atoms with Gasteiger partial charge in [0.2, 0.25) is 5.91 Å². The van der Waals surface area contributed by atoms with Crippen LogP contribution in [-0.4, -0.2) is 28.4 Å². The minimum atomic E-state index is -0.102. The maximum atomic E-state index is 11.3. The largest absolute Gasteiger partial charge is 0.486 e. The molecule has 0 radical (unpaired) electrons. The third-order valence-corrected chi connectivity index (χ3v) is 3.20. The van der Waals surface area contributed by atoms with Crippen LogP contribution in [0.4, 0.5) is 5.69 Å². The Labute approximate surface area is 122 Å². The van der Waals surface area contributed by atoms with Crippen LogP contribution < -0.4 is 14.8 Å². The lowest BCUT2D eigenvalue weighted by Gasteiger charge is -2.26. The summed E-state index contributed by atoms with van der Waals surface area (Å²) in [4.78, 5) is 11.3. The Balaban J connectivity index is 1.62. The number of carbonyl (C=O) groups excluding carboxylic acids is 1. The number of carbonyl (C=O) groups is 1. The fourth-order valence-electron chi connectivity index (χ4n) is 2.14. The van der Waals surface area contributed by atoms with Crippen molar-refractivity contribution in [1.82, 2.24) is 9.78 Å². The third kappa shape index (κ3) is 3.16. The van der Waals surface area contributed by atoms with Crippen molar-refractivity contribution in [3.8, 4) is 11.5 Å². The quantitative estimate of drug-likeness (QED) is 0.935. The van der Waals surface area contributed by atoms with Gasteiger partial charge in [-0.3, -0.25) is 9.48 Å². The highest BCUT2D eigenvalue weighted by molar-refractivity contribution is 5.90. The van der Waals surface area contributed by atoms with Gasteiger partial charge in [-0.1, -0.05) is 19.1 Å². The molecule has 0 saturated heterocycles. The minimum Gasteiger partial charge on any atom is -0.486 e. The van der Waals surface area contributed by atoms with Crippen LogP contribution in [0.2, 0.25) is 0 Å². The summed E-state index contributed by atoms with van der Waals surface area (Å²) in [5.41, 5.74) is 0.693. The first-order chi connectivity index (χ1) is 10.2. The lowest BCUT2D eigenvalue weighted by molar-refractivity contribution is -0.115. The molecule has 0 unspecified atom stereocenters. The molecule has 1 N–H and O–H groups in total. The van der Waals surface area contributed by atoms with E-state index in [0.29, 0.717) is 25.3 Å². The minimum absolute atomic E-state index is 0.0271. The number of nitrogens with one attached hydrogen (secondary N) is 1. The van der Waals surface area contributed by atoms with Crippen LogP contribution in [0.5, 0.6) is 11.5 Å². The monoisotopic (exact) mass is 287 g/mol. The second-order valence-electron chi connectivity index (χ2n) is 4.85. The van der Waals surface area contributed by atoms with Crippen LogP contribution in [0.15, 0.2) is 36.7 Å². The van der Waals surface area contributed by atoms with Gasteiger partial charge in [0.1, 0.15) is 6.61 Å². The van der Waals surface area contributed by atoms with Crippen molar-refractivity contribution in [2.45, 2.75) is 26.0 Å². The zero-order valence-electron chi connectivity index (χ0n) is 11.8. The van der Waals surface area contributed by atoms with E-state index in [4.69, 9.17) is 9.47 Å². The number of para-hydroxylation sites is 2. The van der Waals surface area contributed by atoms with E-state index in [0.717, 1.165) is 11.5 Å². The third-order valence-electron chi connectivity index (χ3n) is 3.20. The molecule has 110 valence electrons. The van der Waals surface area contributed by atoms with Crippen LogP contribution in [0.25, 0.3) is 0 Å². The number of hydrogen-bond donors (Lipinski definition) is 1. The van der Waals surface area contributed by atoms with E-state index in [-0.39, 0.29) is 12.0 Å². The normalized spacial score (nSPS) is 16.5. The maximum Gasteiger partial charge on any atom is 0.224 e. The molecule has 21 heavy (non-hydrogen) atoms. The molecule has 1 aliphatic heterocycles. The lowest BCUT2D eigenvalue weighted by Crippen LogP contribution is -2.33. The average molecular weight is 287 g/mol. The van der Waals surface area contributed by atoms with Gasteiger partial charge in [0, 0.05) is 12.6 Å². The van der Waals surface area contributed by atoms with Crippen molar-refractivity contribution in [2.75, 3.05) is 11.9 Å². The molecule has 6 heteroatoms. The molecule has 1 amide bonds. The van der Waals surface area contributed by atoms with E-state index in [1.54, 1.807) is 17.1 Å². The summed E-state index contributed by atoms with van der Waals surface area (Å²) in [5.74, 6) is 1.49. The van der Waals surface area contributed by atoms with E-state index in [1.807, 2.05) is 31.2 Å². The molecule has 6 nitrogen and oxygen atoms in total. The van der Waals surface area contributed by atoms with Gasteiger partial charge in [0.05, 0.1) is 18.4 Å². The van der Waals surface area contributed by atoms with Crippen LogP contribution in [0, 0.1) is 0 Å². The molecule has 0 spiro atoms. The second-order valence-corrected chi connectivity index (χ2v) is 4.85. The molecule has 0 fully saturated rings. The number of amides is 1. The van der Waals surface area contributed by atoms with Crippen LogP contribution >= 0.6 is 0 Å². The molecular weight excluding hydrogens is 270 g/mol. The first kappa shape index (κ1) is 13.5. The van der Waals surface area contributed by atoms with E-state index in [2.05, 4.69) is 10.4 Å². The first-order valence-electron chi connectivity index (χ1n) is 6.95. The molecule has 1 aromatic carbocycles. The molecule has 0 bridgehead atoms. The van der Waals surface area contributed by atoms with Crippen molar-refractivity contribution in [1.29, 1.82) is 0 Å². The standard InChI is InChI=1S/C15H17N3O3/c1-2-15(19)17-11-7-16-18(8-11)9-12-10-20-13-5-3-4-6-14(13)21-12/h3-8,12H,2,9-10H2,1H3,(H,17,19)/t12-/m0/s1. The fourth-order valence-corrected chi connectivity index (χ4v) is 2.14. The van der Waals surface area contributed by atoms with Crippen LogP contribution in [0.1, 0.15) is 13.3 Å². The van der Waals surface area contributed by atoms with Gasteiger partial charge in [-0.25, -0.2) is 0 Å². The van der Waals surface area contributed by atoms with Gasteiger partial charge < -0.3 is 14.8 Å². The molecule has 3 rings (SSSR count). The van der Waals surface area contributed by atoms with Crippen LogP contribution in [0.3, 0.4) is 0 Å². The topological polar surface area (TPSA) is 65.4 Å². The molecule has 2 aromatic rings. The van der Waals surface area contributed by atoms with E-state index in [9.17, 15) is 4.79 Å². The Morgan fingerprint density at radius 3 is 3.05 bits per heavy atom. The molecule has 2 heterocycles. The highest BCUT2D eigenvalue weighted by atomic mass is 16.6. The van der Waals surface area contributed by atoms with Crippen molar-refractivity contribution < 1.29 is 14.3 Å². The average Bonchev–Trinajstić information content (AvgIpc) is 2.94. The summed E-state index contributed by atoms with van der Waals surface area (Å²) >= 11 is 0. The summed E-state index contributed by atoms with van der Waals surface area (Å²) in [5, 5.41) is 6.99. The van der Waals surface area contributed by atoms with Crippen LogP contribution in [-0.2, 0) is 11.3 Å². The second kappa shape index (κ2) is 5.87.